The third-order valence-electron chi connectivity index (χ3n) is 2.40. The zero-order chi connectivity index (χ0) is 9.80. The Morgan fingerprint density at radius 1 is 0.667 bits per heavy atom. The van der Waals surface area contributed by atoms with E-state index >= 15 is 0 Å². The maximum absolute atomic E-state index is 4.18. The van der Waals surface area contributed by atoms with Crippen molar-refractivity contribution in [1.29, 1.82) is 0 Å². The SMILES string of the molecule is [CH2-]C(c1ccccc1)c1ccccc1.[Li+]. The Kier molecular flexibility index (Phi) is 4.69. The first-order valence-electron chi connectivity index (χ1n) is 4.81. The van der Waals surface area contributed by atoms with Crippen molar-refractivity contribution >= 4 is 0 Å². The van der Waals surface area contributed by atoms with Gasteiger partial charge in [-0.3, -0.25) is 0 Å². The summed E-state index contributed by atoms with van der Waals surface area (Å²) in [7, 11) is 0. The van der Waals surface area contributed by atoms with Crippen molar-refractivity contribution < 1.29 is 18.9 Å². The summed E-state index contributed by atoms with van der Waals surface area (Å²) in [5, 5.41) is 0. The van der Waals surface area contributed by atoms with Crippen molar-refractivity contribution in [2.24, 2.45) is 0 Å². The Bertz CT molecular complexity index is 341. The fraction of sp³-hybridized carbons (Fsp3) is 0.0714. The van der Waals surface area contributed by atoms with Crippen molar-refractivity contribution in [2.75, 3.05) is 0 Å². The van der Waals surface area contributed by atoms with Crippen LogP contribution < -0.4 is 18.9 Å². The van der Waals surface area contributed by atoms with Crippen molar-refractivity contribution in [3.8, 4) is 0 Å². The summed E-state index contributed by atoms with van der Waals surface area (Å²) in [4.78, 5) is 0. The molecule has 70 valence electrons. The van der Waals surface area contributed by atoms with E-state index in [1.165, 1.54) is 11.1 Å². The Balaban J connectivity index is 0.00000112. The van der Waals surface area contributed by atoms with E-state index < -0.39 is 0 Å². The molecule has 0 aliphatic heterocycles. The standard InChI is InChI=1S/C14H13.Li/c1-12(13-8-4-2-5-9-13)14-10-6-3-7-11-14;/h2-12H,1H2;/q-1;+1. The largest absolute Gasteiger partial charge is 1.00 e. The molecule has 0 bridgehead atoms. The molecule has 0 nitrogen and oxygen atoms in total. The van der Waals surface area contributed by atoms with Gasteiger partial charge in [-0.15, -0.1) is 5.92 Å². The van der Waals surface area contributed by atoms with Crippen LogP contribution in [0.15, 0.2) is 60.7 Å². The van der Waals surface area contributed by atoms with Gasteiger partial charge >= 0.3 is 18.9 Å². The van der Waals surface area contributed by atoms with Gasteiger partial charge in [0.15, 0.2) is 0 Å². The topological polar surface area (TPSA) is 0 Å². The third kappa shape index (κ3) is 2.99. The second-order valence-corrected chi connectivity index (χ2v) is 3.37. The van der Waals surface area contributed by atoms with Gasteiger partial charge in [0.05, 0.1) is 0 Å². The minimum Gasteiger partial charge on any atom is -0.332 e. The van der Waals surface area contributed by atoms with Crippen molar-refractivity contribution in [2.45, 2.75) is 5.92 Å². The maximum Gasteiger partial charge on any atom is 1.00 e. The Labute approximate surface area is 104 Å². The van der Waals surface area contributed by atoms with Crippen LogP contribution in [-0.2, 0) is 0 Å². The molecular formula is C14H13Li. The minimum absolute atomic E-state index is 0. The molecule has 0 unspecified atom stereocenters. The van der Waals surface area contributed by atoms with E-state index in [1.807, 2.05) is 12.1 Å². The monoisotopic (exact) mass is 188 g/mol. The van der Waals surface area contributed by atoms with Crippen LogP contribution in [0.1, 0.15) is 17.0 Å². The van der Waals surface area contributed by atoms with Gasteiger partial charge in [0.2, 0.25) is 0 Å². The van der Waals surface area contributed by atoms with Gasteiger partial charge < -0.3 is 6.92 Å². The molecular weight excluding hydrogens is 175 g/mol. The summed E-state index contributed by atoms with van der Waals surface area (Å²) in [6.07, 6.45) is 0. The van der Waals surface area contributed by atoms with Gasteiger partial charge in [-0.1, -0.05) is 71.8 Å². The molecule has 0 atom stereocenters. The quantitative estimate of drug-likeness (QED) is 0.479. The van der Waals surface area contributed by atoms with E-state index in [0.29, 0.717) is 0 Å². The smallest absolute Gasteiger partial charge is 0.332 e. The van der Waals surface area contributed by atoms with Crippen molar-refractivity contribution in [3.05, 3.63) is 78.7 Å². The van der Waals surface area contributed by atoms with Crippen molar-refractivity contribution in [3.63, 3.8) is 0 Å². The van der Waals surface area contributed by atoms with Crippen LogP contribution in [-0.4, -0.2) is 0 Å². The second-order valence-electron chi connectivity index (χ2n) is 3.37. The molecule has 0 radical (unpaired) electrons. The molecule has 0 aromatic heterocycles. The fourth-order valence-corrected chi connectivity index (χ4v) is 1.56. The van der Waals surface area contributed by atoms with E-state index in [1.54, 1.807) is 0 Å². The summed E-state index contributed by atoms with van der Waals surface area (Å²) in [6.45, 7) is 4.18. The van der Waals surface area contributed by atoms with Gasteiger partial charge in [0.25, 0.3) is 0 Å². The Hall–Kier alpha value is -0.963. The maximum atomic E-state index is 4.18. The van der Waals surface area contributed by atoms with E-state index in [-0.39, 0.29) is 24.8 Å². The number of benzene rings is 2. The van der Waals surface area contributed by atoms with Crippen LogP contribution in [0.3, 0.4) is 0 Å². The number of hydrogen-bond acceptors (Lipinski definition) is 0. The summed E-state index contributed by atoms with van der Waals surface area (Å²) in [5.74, 6) is 0.234. The Morgan fingerprint density at radius 2 is 1.00 bits per heavy atom. The van der Waals surface area contributed by atoms with Gasteiger partial charge in [-0.25, -0.2) is 0 Å². The van der Waals surface area contributed by atoms with E-state index in [9.17, 15) is 0 Å². The molecule has 0 saturated heterocycles. The first-order chi connectivity index (χ1) is 6.88. The molecule has 0 heterocycles. The predicted octanol–water partition coefficient (Wildman–Crippen LogP) is 0.657. The fourth-order valence-electron chi connectivity index (χ4n) is 1.56. The van der Waals surface area contributed by atoms with E-state index in [4.69, 9.17) is 0 Å². The zero-order valence-corrected chi connectivity index (χ0v) is 9.06. The molecule has 15 heavy (non-hydrogen) atoms. The van der Waals surface area contributed by atoms with Crippen LogP contribution in [0.4, 0.5) is 0 Å². The molecule has 0 amide bonds. The molecule has 0 saturated carbocycles. The molecule has 0 N–H and O–H groups in total. The summed E-state index contributed by atoms with van der Waals surface area (Å²) in [6, 6.07) is 20.7. The molecule has 0 aliphatic carbocycles. The summed E-state index contributed by atoms with van der Waals surface area (Å²) < 4.78 is 0. The molecule has 0 aliphatic rings. The molecule has 0 spiro atoms. The van der Waals surface area contributed by atoms with Crippen LogP contribution >= 0.6 is 0 Å². The zero-order valence-electron chi connectivity index (χ0n) is 9.06. The van der Waals surface area contributed by atoms with Crippen LogP contribution in [0.25, 0.3) is 0 Å². The van der Waals surface area contributed by atoms with Gasteiger partial charge in [0, 0.05) is 0 Å². The molecule has 1 heteroatoms. The molecule has 2 aromatic carbocycles. The van der Waals surface area contributed by atoms with E-state index in [0.717, 1.165) is 0 Å². The normalized spacial score (nSPS) is 9.73. The summed E-state index contributed by atoms with van der Waals surface area (Å²) >= 11 is 0. The molecule has 2 rings (SSSR count). The molecule has 2 aromatic rings. The average Bonchev–Trinajstić information content (AvgIpc) is 2.30. The second kappa shape index (κ2) is 5.81. The van der Waals surface area contributed by atoms with Crippen LogP contribution in [0.5, 0.6) is 0 Å². The minimum atomic E-state index is 0. The molecule has 0 fully saturated rings. The first kappa shape index (κ1) is 12.1. The van der Waals surface area contributed by atoms with Gasteiger partial charge in [-0.05, 0) is 0 Å². The number of hydrogen-bond donors (Lipinski definition) is 0. The van der Waals surface area contributed by atoms with E-state index in [2.05, 4.69) is 55.5 Å². The average molecular weight is 188 g/mol. The van der Waals surface area contributed by atoms with Gasteiger partial charge in [-0.2, -0.15) is 0 Å². The van der Waals surface area contributed by atoms with Crippen LogP contribution in [0, 0.1) is 6.92 Å². The van der Waals surface area contributed by atoms with Crippen molar-refractivity contribution in [1.82, 2.24) is 0 Å². The Morgan fingerprint density at radius 3 is 1.33 bits per heavy atom. The van der Waals surface area contributed by atoms with Crippen LogP contribution in [0.2, 0.25) is 0 Å². The number of rotatable bonds is 2. The third-order valence-corrected chi connectivity index (χ3v) is 2.40. The van der Waals surface area contributed by atoms with Gasteiger partial charge in [0.1, 0.15) is 0 Å². The summed E-state index contributed by atoms with van der Waals surface area (Å²) in [5.41, 5.74) is 2.53. The first-order valence-corrected chi connectivity index (χ1v) is 4.81. The predicted molar refractivity (Wildman–Crippen MR) is 60.1 cm³/mol.